The van der Waals surface area contributed by atoms with Gasteiger partial charge in [-0.3, -0.25) is 24.0 Å². The molecule has 40 heavy (non-hydrogen) atoms. The van der Waals surface area contributed by atoms with Crippen LogP contribution >= 0.6 is 11.6 Å². The van der Waals surface area contributed by atoms with Crippen molar-refractivity contribution in [3.63, 3.8) is 0 Å². The van der Waals surface area contributed by atoms with Crippen LogP contribution < -0.4 is 4.74 Å². The van der Waals surface area contributed by atoms with Gasteiger partial charge in [0.1, 0.15) is 11.9 Å². The molecule has 3 rings (SSSR count). The maximum atomic E-state index is 12.1. The molecule has 1 fully saturated rings. The summed E-state index contributed by atoms with van der Waals surface area (Å²) >= 11 is 6.49. The summed E-state index contributed by atoms with van der Waals surface area (Å²) < 4.78 is 32.7. The Balaban J connectivity index is 2.03. The zero-order chi connectivity index (χ0) is 29.6. The molecule has 0 spiro atoms. The standard InChI is InChI=1S/C28H29ClO11/c1-14(30)35-22-9-6-19(7-10-22)12-21-13-20(8-11-23(21)29)24-25(36-15(2)31)26(37-16(3)32)27(38-17(4)33)28(40-24)39-18(5)34/h6-11,13,24-28H,12H2,1-5H3/t24-,25-,26+,27-,28+/m0/s1. The largest absolute Gasteiger partial charge is 0.455 e. The third kappa shape index (κ3) is 8.27. The van der Waals surface area contributed by atoms with E-state index in [1.165, 1.54) is 6.92 Å². The number of hydrogen-bond donors (Lipinski definition) is 0. The van der Waals surface area contributed by atoms with Crippen LogP contribution in [0.2, 0.25) is 5.02 Å². The lowest BCUT2D eigenvalue weighted by Gasteiger charge is -2.44. The van der Waals surface area contributed by atoms with Crippen molar-refractivity contribution < 1.29 is 52.4 Å². The first-order valence-electron chi connectivity index (χ1n) is 12.2. The molecule has 1 saturated heterocycles. The van der Waals surface area contributed by atoms with Gasteiger partial charge in [-0.1, -0.05) is 35.9 Å². The van der Waals surface area contributed by atoms with Gasteiger partial charge in [-0.15, -0.1) is 0 Å². The Labute approximate surface area is 235 Å². The second-order valence-electron chi connectivity index (χ2n) is 9.02. The lowest BCUT2D eigenvalue weighted by molar-refractivity contribution is -0.298. The third-order valence-corrected chi connectivity index (χ3v) is 6.03. The Kier molecular flexibility index (Phi) is 10.2. The smallest absolute Gasteiger partial charge is 0.308 e. The van der Waals surface area contributed by atoms with Gasteiger partial charge in [0, 0.05) is 39.6 Å². The average Bonchev–Trinajstić information content (AvgIpc) is 2.84. The van der Waals surface area contributed by atoms with Gasteiger partial charge in [0.15, 0.2) is 12.2 Å². The van der Waals surface area contributed by atoms with Crippen molar-refractivity contribution in [3.05, 3.63) is 64.2 Å². The average molecular weight is 577 g/mol. The fourth-order valence-corrected chi connectivity index (χ4v) is 4.45. The van der Waals surface area contributed by atoms with Gasteiger partial charge in [0.05, 0.1) is 0 Å². The first-order chi connectivity index (χ1) is 18.8. The minimum Gasteiger partial charge on any atom is -0.455 e. The monoisotopic (exact) mass is 576 g/mol. The van der Waals surface area contributed by atoms with E-state index in [9.17, 15) is 24.0 Å². The van der Waals surface area contributed by atoms with Crippen LogP contribution in [0.3, 0.4) is 0 Å². The van der Waals surface area contributed by atoms with Gasteiger partial charge < -0.3 is 28.4 Å². The van der Waals surface area contributed by atoms with Gasteiger partial charge in [0.2, 0.25) is 12.4 Å². The number of esters is 5. The van der Waals surface area contributed by atoms with Crippen molar-refractivity contribution in [1.29, 1.82) is 0 Å². The Hall–Kier alpha value is -3.96. The van der Waals surface area contributed by atoms with Crippen LogP contribution in [0.1, 0.15) is 57.4 Å². The van der Waals surface area contributed by atoms with E-state index in [1.807, 2.05) is 0 Å². The first-order valence-corrected chi connectivity index (χ1v) is 12.6. The fraction of sp³-hybridized carbons (Fsp3) is 0.393. The van der Waals surface area contributed by atoms with Gasteiger partial charge in [-0.05, 0) is 41.3 Å². The molecule has 2 aromatic carbocycles. The summed E-state index contributed by atoms with van der Waals surface area (Å²) in [6.07, 6.45) is -6.32. The minimum absolute atomic E-state index is 0.370. The van der Waals surface area contributed by atoms with Crippen molar-refractivity contribution in [2.24, 2.45) is 0 Å². The van der Waals surface area contributed by atoms with E-state index in [-0.39, 0.29) is 0 Å². The van der Waals surface area contributed by atoms with Crippen molar-refractivity contribution in [2.75, 3.05) is 0 Å². The van der Waals surface area contributed by atoms with Crippen molar-refractivity contribution in [2.45, 2.75) is 71.7 Å². The Morgan fingerprint density at radius 3 is 1.80 bits per heavy atom. The summed E-state index contributed by atoms with van der Waals surface area (Å²) in [6.45, 7) is 5.85. The predicted octanol–water partition coefficient (Wildman–Crippen LogP) is 3.61. The summed E-state index contributed by atoms with van der Waals surface area (Å²) in [6, 6.07) is 11.8. The number of carbonyl (C=O) groups excluding carboxylic acids is 5. The normalized spacial score (nSPS) is 22.0. The number of carbonyl (C=O) groups is 5. The molecule has 0 saturated carbocycles. The molecule has 0 N–H and O–H groups in total. The van der Waals surface area contributed by atoms with Crippen LogP contribution in [0, 0.1) is 0 Å². The quantitative estimate of drug-likeness (QED) is 0.258. The highest BCUT2D eigenvalue weighted by molar-refractivity contribution is 6.31. The summed E-state index contributed by atoms with van der Waals surface area (Å²) in [7, 11) is 0. The van der Waals surface area contributed by atoms with Crippen molar-refractivity contribution in [3.8, 4) is 5.75 Å². The van der Waals surface area contributed by atoms with Gasteiger partial charge >= 0.3 is 29.8 Å². The Bertz CT molecular complexity index is 1270. The molecule has 214 valence electrons. The van der Waals surface area contributed by atoms with Crippen LogP contribution in [0.25, 0.3) is 0 Å². The molecule has 0 amide bonds. The topological polar surface area (TPSA) is 141 Å². The summed E-state index contributed by atoms with van der Waals surface area (Å²) in [4.78, 5) is 59.1. The molecule has 0 unspecified atom stereocenters. The van der Waals surface area contributed by atoms with Crippen LogP contribution in [0.5, 0.6) is 5.75 Å². The lowest BCUT2D eigenvalue weighted by Crippen LogP contribution is -2.59. The molecule has 12 heteroatoms. The number of ether oxygens (including phenoxy) is 6. The van der Waals surface area contributed by atoms with Crippen molar-refractivity contribution >= 4 is 41.4 Å². The van der Waals surface area contributed by atoms with E-state index in [0.717, 1.165) is 33.3 Å². The van der Waals surface area contributed by atoms with E-state index < -0.39 is 60.6 Å². The van der Waals surface area contributed by atoms with Crippen LogP contribution in [-0.2, 0) is 54.1 Å². The molecule has 0 radical (unpaired) electrons. The van der Waals surface area contributed by atoms with Crippen LogP contribution in [0.15, 0.2) is 42.5 Å². The SMILES string of the molecule is CC(=O)Oc1ccc(Cc2cc([C@@H]3O[C@@H](OC(C)=O)[C@@H](OC(C)=O)[C@H](OC(C)=O)[C@H]3OC(C)=O)ccc2Cl)cc1. The number of benzene rings is 2. The Morgan fingerprint density at radius 2 is 1.25 bits per heavy atom. The molecule has 5 atom stereocenters. The molecule has 11 nitrogen and oxygen atoms in total. The number of rotatable bonds is 8. The molecule has 1 aliphatic heterocycles. The van der Waals surface area contributed by atoms with Crippen LogP contribution in [-0.4, -0.2) is 54.4 Å². The first kappa shape index (κ1) is 30.6. The molecular formula is C28H29ClO11. The van der Waals surface area contributed by atoms with E-state index in [0.29, 0.717) is 28.3 Å². The second kappa shape index (κ2) is 13.4. The predicted molar refractivity (Wildman–Crippen MR) is 138 cm³/mol. The van der Waals surface area contributed by atoms with Crippen LogP contribution in [0.4, 0.5) is 0 Å². The molecule has 2 aromatic rings. The van der Waals surface area contributed by atoms with Gasteiger partial charge in [-0.25, -0.2) is 0 Å². The highest BCUT2D eigenvalue weighted by Gasteiger charge is 2.53. The molecule has 0 aliphatic carbocycles. The maximum Gasteiger partial charge on any atom is 0.308 e. The zero-order valence-corrected chi connectivity index (χ0v) is 23.3. The molecule has 0 aromatic heterocycles. The second-order valence-corrected chi connectivity index (χ2v) is 9.43. The Morgan fingerprint density at radius 1 is 0.700 bits per heavy atom. The van der Waals surface area contributed by atoms with Crippen molar-refractivity contribution in [1.82, 2.24) is 0 Å². The van der Waals surface area contributed by atoms with Gasteiger partial charge in [-0.2, -0.15) is 0 Å². The highest BCUT2D eigenvalue weighted by atomic mass is 35.5. The summed E-state index contributed by atoms with van der Waals surface area (Å²) in [5.74, 6) is -3.03. The van der Waals surface area contributed by atoms with Gasteiger partial charge in [0.25, 0.3) is 0 Å². The fourth-order valence-electron chi connectivity index (χ4n) is 4.27. The zero-order valence-electron chi connectivity index (χ0n) is 22.5. The van der Waals surface area contributed by atoms with E-state index in [1.54, 1.807) is 42.5 Å². The number of hydrogen-bond acceptors (Lipinski definition) is 11. The lowest BCUT2D eigenvalue weighted by atomic mass is 9.91. The highest BCUT2D eigenvalue weighted by Crippen LogP contribution is 2.39. The van der Waals surface area contributed by atoms with E-state index >= 15 is 0 Å². The molecule has 0 bridgehead atoms. The summed E-state index contributed by atoms with van der Waals surface area (Å²) in [5, 5.41) is 0.429. The molecule has 1 heterocycles. The number of halogens is 1. The molecular weight excluding hydrogens is 548 g/mol. The summed E-state index contributed by atoms with van der Waals surface area (Å²) in [5.41, 5.74) is 1.97. The maximum absolute atomic E-state index is 12.1. The molecule has 1 aliphatic rings. The van der Waals surface area contributed by atoms with E-state index in [4.69, 9.17) is 40.0 Å². The van der Waals surface area contributed by atoms with E-state index in [2.05, 4.69) is 0 Å². The minimum atomic E-state index is -1.49. The third-order valence-electron chi connectivity index (χ3n) is 5.66.